The number of aryl methyl sites for hydroxylation is 1. The number of benzene rings is 2. The van der Waals surface area contributed by atoms with Gasteiger partial charge in [-0.25, -0.2) is 0 Å². The lowest BCUT2D eigenvalue weighted by molar-refractivity contribution is 0.0829. The smallest absolute Gasteiger partial charge is 0.0896 e. The lowest BCUT2D eigenvalue weighted by Gasteiger charge is -2.36. The van der Waals surface area contributed by atoms with Crippen LogP contribution in [-0.4, -0.2) is 6.61 Å². The maximum Gasteiger partial charge on any atom is 0.0896 e. The Kier molecular flexibility index (Phi) is 2.78. The summed E-state index contributed by atoms with van der Waals surface area (Å²) in [6, 6.07) is 17.7. The van der Waals surface area contributed by atoms with E-state index in [2.05, 4.69) is 60.8 Å². The third-order valence-corrected chi connectivity index (χ3v) is 4.55. The second-order valence-corrected chi connectivity index (χ2v) is 5.87. The lowest BCUT2D eigenvalue weighted by atomic mass is 9.81. The molecule has 3 atom stereocenters. The normalized spacial score (nSPS) is 27.6. The van der Waals surface area contributed by atoms with Gasteiger partial charge in [0.2, 0.25) is 0 Å². The summed E-state index contributed by atoms with van der Waals surface area (Å²) < 4.78 is 6.05. The Bertz CT molecular complexity index is 623. The highest BCUT2D eigenvalue weighted by molar-refractivity contribution is 5.58. The van der Waals surface area contributed by atoms with Gasteiger partial charge < -0.3 is 10.1 Å². The summed E-state index contributed by atoms with van der Waals surface area (Å²) in [6.07, 6.45) is 1.38. The summed E-state index contributed by atoms with van der Waals surface area (Å²) >= 11 is 0. The van der Waals surface area contributed by atoms with Gasteiger partial charge in [0, 0.05) is 23.8 Å². The average Bonchev–Trinajstić information content (AvgIpc) is 2.97. The molecule has 2 heterocycles. The van der Waals surface area contributed by atoms with E-state index in [0.29, 0.717) is 12.0 Å². The molecule has 2 aromatic carbocycles. The van der Waals surface area contributed by atoms with E-state index in [1.165, 1.54) is 22.4 Å². The molecule has 0 radical (unpaired) electrons. The molecule has 2 nitrogen and oxygen atoms in total. The highest BCUT2D eigenvalue weighted by Crippen LogP contribution is 2.49. The lowest BCUT2D eigenvalue weighted by Crippen LogP contribution is -2.29. The number of hydrogen-bond acceptors (Lipinski definition) is 2. The fourth-order valence-corrected chi connectivity index (χ4v) is 3.58. The number of fused-ring (bicyclic) bond motifs is 3. The molecule has 2 heteroatoms. The predicted molar refractivity (Wildman–Crippen MR) is 80.8 cm³/mol. The summed E-state index contributed by atoms with van der Waals surface area (Å²) in [7, 11) is 0. The number of nitrogens with one attached hydrogen (secondary N) is 1. The zero-order chi connectivity index (χ0) is 13.5. The monoisotopic (exact) mass is 265 g/mol. The van der Waals surface area contributed by atoms with Crippen LogP contribution in [0.5, 0.6) is 0 Å². The molecule has 2 aliphatic heterocycles. The maximum atomic E-state index is 6.05. The third-order valence-electron chi connectivity index (χ3n) is 4.55. The minimum absolute atomic E-state index is 0.247. The molecule has 1 saturated heterocycles. The highest BCUT2D eigenvalue weighted by Gasteiger charge is 2.41. The van der Waals surface area contributed by atoms with Gasteiger partial charge in [0.25, 0.3) is 0 Å². The SMILES string of the molecule is Cc1ccc2c(c1)[C@H]1OCC[C@H]1[C@H](c1ccccc1)N2. The molecule has 0 unspecified atom stereocenters. The summed E-state index contributed by atoms with van der Waals surface area (Å²) in [4.78, 5) is 0. The molecule has 0 aromatic heterocycles. The van der Waals surface area contributed by atoms with Gasteiger partial charge in [-0.05, 0) is 25.0 Å². The van der Waals surface area contributed by atoms with Crippen molar-refractivity contribution in [2.24, 2.45) is 5.92 Å². The largest absolute Gasteiger partial charge is 0.378 e. The Morgan fingerprint density at radius 1 is 1.10 bits per heavy atom. The third kappa shape index (κ3) is 1.83. The maximum absolute atomic E-state index is 6.05. The molecular weight excluding hydrogens is 246 g/mol. The van der Waals surface area contributed by atoms with E-state index >= 15 is 0 Å². The van der Waals surface area contributed by atoms with Crippen LogP contribution in [0.3, 0.4) is 0 Å². The Morgan fingerprint density at radius 3 is 2.80 bits per heavy atom. The van der Waals surface area contributed by atoms with Crippen molar-refractivity contribution < 1.29 is 4.74 Å². The van der Waals surface area contributed by atoms with Gasteiger partial charge in [-0.15, -0.1) is 0 Å². The summed E-state index contributed by atoms with van der Waals surface area (Å²) in [5, 5.41) is 3.73. The first kappa shape index (κ1) is 12.0. The fraction of sp³-hybridized carbons (Fsp3) is 0.333. The first-order valence-electron chi connectivity index (χ1n) is 7.36. The molecule has 4 rings (SSSR count). The molecular formula is C18H19NO. The molecule has 0 spiro atoms. The number of anilines is 1. The first-order valence-corrected chi connectivity index (χ1v) is 7.36. The van der Waals surface area contributed by atoms with Gasteiger partial charge in [0.1, 0.15) is 0 Å². The molecule has 1 fully saturated rings. The van der Waals surface area contributed by atoms with Crippen molar-refractivity contribution in [3.8, 4) is 0 Å². The van der Waals surface area contributed by atoms with E-state index in [-0.39, 0.29) is 6.10 Å². The Labute approximate surface area is 119 Å². The van der Waals surface area contributed by atoms with E-state index < -0.39 is 0 Å². The molecule has 2 aromatic rings. The highest BCUT2D eigenvalue weighted by atomic mass is 16.5. The second-order valence-electron chi connectivity index (χ2n) is 5.87. The Morgan fingerprint density at radius 2 is 1.95 bits per heavy atom. The van der Waals surface area contributed by atoms with Gasteiger partial charge in [0.15, 0.2) is 0 Å². The molecule has 0 aliphatic carbocycles. The van der Waals surface area contributed by atoms with Crippen LogP contribution in [0.1, 0.15) is 35.3 Å². The van der Waals surface area contributed by atoms with Crippen LogP contribution in [0.15, 0.2) is 48.5 Å². The van der Waals surface area contributed by atoms with Crippen molar-refractivity contribution in [1.29, 1.82) is 0 Å². The van der Waals surface area contributed by atoms with E-state index in [1.807, 2.05) is 0 Å². The fourth-order valence-electron chi connectivity index (χ4n) is 3.58. The number of ether oxygens (including phenoxy) is 1. The summed E-state index contributed by atoms with van der Waals surface area (Å²) in [5.74, 6) is 0.534. The quantitative estimate of drug-likeness (QED) is 0.832. The molecule has 102 valence electrons. The second kappa shape index (κ2) is 4.64. The van der Waals surface area contributed by atoms with Crippen LogP contribution in [0, 0.1) is 12.8 Å². The van der Waals surface area contributed by atoms with Crippen LogP contribution in [0.2, 0.25) is 0 Å². The van der Waals surface area contributed by atoms with E-state index in [9.17, 15) is 0 Å². The Balaban J connectivity index is 1.79. The van der Waals surface area contributed by atoms with Crippen molar-refractivity contribution in [3.05, 3.63) is 65.2 Å². The number of hydrogen-bond donors (Lipinski definition) is 1. The van der Waals surface area contributed by atoms with Crippen molar-refractivity contribution in [2.45, 2.75) is 25.5 Å². The van der Waals surface area contributed by atoms with Crippen LogP contribution in [0.25, 0.3) is 0 Å². The van der Waals surface area contributed by atoms with Gasteiger partial charge in [-0.1, -0.05) is 48.0 Å². The molecule has 0 bridgehead atoms. The van der Waals surface area contributed by atoms with E-state index in [4.69, 9.17) is 4.74 Å². The van der Waals surface area contributed by atoms with E-state index in [0.717, 1.165) is 13.0 Å². The average molecular weight is 265 g/mol. The van der Waals surface area contributed by atoms with E-state index in [1.54, 1.807) is 0 Å². The number of rotatable bonds is 1. The van der Waals surface area contributed by atoms with Crippen molar-refractivity contribution in [2.75, 3.05) is 11.9 Å². The van der Waals surface area contributed by atoms with Crippen molar-refractivity contribution in [1.82, 2.24) is 0 Å². The Hall–Kier alpha value is -1.80. The van der Waals surface area contributed by atoms with Crippen LogP contribution >= 0.6 is 0 Å². The van der Waals surface area contributed by atoms with Crippen LogP contribution in [0.4, 0.5) is 5.69 Å². The molecule has 20 heavy (non-hydrogen) atoms. The topological polar surface area (TPSA) is 21.3 Å². The molecule has 0 amide bonds. The summed E-state index contributed by atoms with van der Waals surface area (Å²) in [6.45, 7) is 3.02. The first-order chi connectivity index (χ1) is 9.83. The van der Waals surface area contributed by atoms with Gasteiger partial charge in [-0.3, -0.25) is 0 Å². The van der Waals surface area contributed by atoms with Crippen LogP contribution in [-0.2, 0) is 4.74 Å². The van der Waals surface area contributed by atoms with Crippen molar-refractivity contribution in [3.63, 3.8) is 0 Å². The van der Waals surface area contributed by atoms with Crippen molar-refractivity contribution >= 4 is 5.69 Å². The minimum atomic E-state index is 0.247. The predicted octanol–water partition coefficient (Wildman–Crippen LogP) is 4.24. The van der Waals surface area contributed by atoms with Gasteiger partial charge in [0.05, 0.1) is 12.1 Å². The zero-order valence-corrected chi connectivity index (χ0v) is 11.7. The van der Waals surface area contributed by atoms with Gasteiger partial charge in [-0.2, -0.15) is 0 Å². The molecule has 2 aliphatic rings. The van der Waals surface area contributed by atoms with Gasteiger partial charge >= 0.3 is 0 Å². The summed E-state index contributed by atoms with van der Waals surface area (Å²) in [5.41, 5.74) is 5.23. The standard InChI is InChI=1S/C18H19NO/c1-12-7-8-16-15(11-12)18-14(9-10-20-18)17(19-16)13-5-3-2-4-6-13/h2-8,11,14,17-19H,9-10H2,1H3/t14-,17-,18-/m0/s1. The zero-order valence-electron chi connectivity index (χ0n) is 11.7. The minimum Gasteiger partial charge on any atom is -0.378 e. The molecule has 0 saturated carbocycles. The van der Waals surface area contributed by atoms with Crippen LogP contribution < -0.4 is 5.32 Å². The molecule has 1 N–H and O–H groups in total.